The molecule has 0 unspecified atom stereocenters. The number of esters is 3. The van der Waals surface area contributed by atoms with E-state index in [-0.39, 0.29) is 55.2 Å². The van der Waals surface area contributed by atoms with Crippen LogP contribution in [0.15, 0.2) is 115 Å². The molecule has 3 heterocycles. The van der Waals surface area contributed by atoms with Crippen LogP contribution in [0.25, 0.3) is 10.9 Å². The molecule has 0 bridgehead atoms. The van der Waals surface area contributed by atoms with Crippen molar-refractivity contribution >= 4 is 70.7 Å². The Morgan fingerprint density at radius 3 is 1.75 bits per heavy atom. The molecule has 0 aliphatic rings. The Morgan fingerprint density at radius 1 is 0.719 bits per heavy atom. The van der Waals surface area contributed by atoms with Gasteiger partial charge in [-0.3, -0.25) is 14.4 Å². The van der Waals surface area contributed by atoms with E-state index in [1.807, 2.05) is 19.1 Å². The molecular weight excluding hydrogens is 984 g/mol. The van der Waals surface area contributed by atoms with Crippen LogP contribution in [0.2, 0.25) is 0 Å². The third-order valence-electron chi connectivity index (χ3n) is 9.74. The van der Waals surface area contributed by atoms with Crippen molar-refractivity contribution < 1.29 is 51.6 Å². The van der Waals surface area contributed by atoms with Crippen LogP contribution in [0, 0.1) is 6.92 Å². The molecule has 6 aromatic rings. The van der Waals surface area contributed by atoms with Gasteiger partial charge in [0.25, 0.3) is 11.1 Å². The van der Waals surface area contributed by atoms with Gasteiger partial charge in [-0.05, 0) is 98.4 Å². The third-order valence-corrected chi connectivity index (χ3v) is 12.7. The molecular formula is C44H42Br2N4O13S. The van der Waals surface area contributed by atoms with Crippen molar-refractivity contribution in [1.82, 2.24) is 18.4 Å². The molecule has 0 amide bonds. The molecule has 0 fully saturated rings. The highest BCUT2D eigenvalue weighted by Crippen LogP contribution is 2.29. The second-order valence-electron chi connectivity index (χ2n) is 13.7. The molecule has 17 nitrogen and oxygen atoms in total. The van der Waals surface area contributed by atoms with Gasteiger partial charge in [0.1, 0.15) is 18.0 Å². The van der Waals surface area contributed by atoms with Gasteiger partial charge in [-0.2, -0.15) is 4.31 Å². The maximum atomic E-state index is 13.6. The Hall–Kier alpha value is -6.35. The van der Waals surface area contributed by atoms with Gasteiger partial charge < -0.3 is 37.9 Å². The summed E-state index contributed by atoms with van der Waals surface area (Å²) in [5.41, 5.74) is 1.81. The summed E-state index contributed by atoms with van der Waals surface area (Å²) in [5.74, 6) is -1.37. The van der Waals surface area contributed by atoms with E-state index < -0.39 is 46.6 Å². The van der Waals surface area contributed by atoms with E-state index in [0.717, 1.165) is 22.5 Å². The van der Waals surface area contributed by atoms with Crippen LogP contribution >= 0.6 is 31.9 Å². The third kappa shape index (κ3) is 11.0. The molecule has 0 saturated carbocycles. The number of aromatic hydroxyl groups is 1. The number of nitrogens with zero attached hydrogens (tertiary/aromatic N) is 4. The van der Waals surface area contributed by atoms with Crippen molar-refractivity contribution in [2.24, 2.45) is 0 Å². The number of benzene rings is 3. The molecule has 64 heavy (non-hydrogen) atoms. The first-order valence-electron chi connectivity index (χ1n) is 18.9. The zero-order valence-electron chi connectivity index (χ0n) is 35.3. The largest absolute Gasteiger partial charge is 0.505 e. The second-order valence-corrected chi connectivity index (χ2v) is 17.4. The minimum atomic E-state index is -4.26. The molecule has 20 heteroatoms. The molecule has 3 aromatic heterocycles. The number of hydrogen-bond donors (Lipinski definition) is 1. The number of sulfonamides is 1. The van der Waals surface area contributed by atoms with E-state index in [2.05, 4.69) is 41.6 Å². The summed E-state index contributed by atoms with van der Waals surface area (Å²) >= 11 is 6.41. The zero-order chi connectivity index (χ0) is 46.9. The molecule has 0 atom stereocenters. The van der Waals surface area contributed by atoms with Gasteiger partial charge in [0.05, 0.1) is 92.0 Å². The molecule has 336 valence electrons. The maximum absolute atomic E-state index is 13.6. The van der Waals surface area contributed by atoms with Crippen LogP contribution in [-0.4, -0.2) is 91.9 Å². The predicted molar refractivity (Wildman–Crippen MR) is 241 cm³/mol. The Labute approximate surface area is 384 Å². The average molecular weight is 1030 g/mol. The SMILES string of the molecule is COC(=O)CN(Cc1c(C(=O)OC)cc(Br)c(=O)n1Cc1ccc(OC)cc1)S(=O)(=O)c1ccc(C)cc1.COC(=O)c1ncc2c(cc(Br)c(=O)n2Cc2ccc(OC)cc2)c1O. The number of aromatic nitrogens is 3. The van der Waals surface area contributed by atoms with Gasteiger partial charge in [0, 0.05) is 5.39 Å². The number of carbonyl (C=O) groups is 3. The molecule has 1 N–H and O–H groups in total. The van der Waals surface area contributed by atoms with Crippen molar-refractivity contribution in [1.29, 1.82) is 0 Å². The number of aryl methyl sites for hydroxylation is 1. The standard InChI is InChI=1S/C26H27BrN2O8S.C18H15BrN2O5/c1-17-5-11-20(12-6-17)38(33,34)28(16-24(30)36-3)15-23-21(26(32)37-4)13-22(27)25(31)29(23)14-18-7-9-19(35-2)10-8-18;1-25-11-5-3-10(4-6-11)9-21-14-8-20-15(18(24)26-2)16(22)12(14)7-13(19)17(21)23/h5-13H,14-16H2,1-4H3;3-8,22H,9H2,1-2H3. The Bertz CT molecular complexity index is 2920. The average Bonchev–Trinajstić information content (AvgIpc) is 3.30. The number of methoxy groups -OCH3 is 5. The van der Waals surface area contributed by atoms with Crippen molar-refractivity contribution in [3.05, 3.63) is 154 Å². The number of pyridine rings is 3. The lowest BCUT2D eigenvalue weighted by atomic mass is 10.1. The zero-order valence-corrected chi connectivity index (χ0v) is 39.3. The fourth-order valence-electron chi connectivity index (χ4n) is 6.27. The van der Waals surface area contributed by atoms with Crippen molar-refractivity contribution in [2.45, 2.75) is 31.5 Å². The van der Waals surface area contributed by atoms with Gasteiger partial charge >= 0.3 is 17.9 Å². The lowest BCUT2D eigenvalue weighted by Crippen LogP contribution is -2.39. The molecule has 6 rings (SSSR count). The topological polar surface area (TPSA) is 212 Å². The lowest BCUT2D eigenvalue weighted by molar-refractivity contribution is -0.140. The molecule has 0 saturated heterocycles. The van der Waals surface area contributed by atoms with Crippen LogP contribution in [0.3, 0.4) is 0 Å². The first kappa shape index (κ1) is 48.7. The second kappa shape index (κ2) is 21.3. The van der Waals surface area contributed by atoms with Crippen LogP contribution in [-0.2, 0) is 48.7 Å². The van der Waals surface area contributed by atoms with Crippen molar-refractivity contribution in [2.75, 3.05) is 42.1 Å². The van der Waals surface area contributed by atoms with E-state index in [1.165, 1.54) is 60.9 Å². The normalized spacial score (nSPS) is 11.1. The van der Waals surface area contributed by atoms with Crippen molar-refractivity contribution in [3.8, 4) is 17.2 Å². The predicted octanol–water partition coefficient (Wildman–Crippen LogP) is 5.83. The van der Waals surface area contributed by atoms with E-state index in [0.29, 0.717) is 28.0 Å². The highest BCUT2D eigenvalue weighted by atomic mass is 79.9. The minimum absolute atomic E-state index is 0.00175. The van der Waals surface area contributed by atoms with Crippen LogP contribution in [0.5, 0.6) is 17.2 Å². The number of ether oxygens (including phenoxy) is 5. The highest BCUT2D eigenvalue weighted by Gasteiger charge is 2.31. The number of carbonyl (C=O) groups excluding carboxylic acids is 3. The number of fused-ring (bicyclic) bond motifs is 1. The van der Waals surface area contributed by atoms with Crippen LogP contribution in [0.4, 0.5) is 0 Å². The molecule has 0 spiro atoms. The first-order chi connectivity index (χ1) is 30.5. The Morgan fingerprint density at radius 2 is 1.23 bits per heavy atom. The van der Waals surface area contributed by atoms with Crippen LogP contribution < -0.4 is 20.6 Å². The fraction of sp³-hybridized carbons (Fsp3) is 0.227. The van der Waals surface area contributed by atoms with Gasteiger partial charge in [-0.1, -0.05) is 42.0 Å². The summed E-state index contributed by atoms with van der Waals surface area (Å²) < 4.78 is 55.8. The summed E-state index contributed by atoms with van der Waals surface area (Å²) in [7, 11) is 2.36. The van der Waals surface area contributed by atoms with E-state index in [1.54, 1.807) is 55.6 Å². The summed E-state index contributed by atoms with van der Waals surface area (Å²) in [5, 5.41) is 10.7. The smallest absolute Gasteiger partial charge is 0.360 e. The van der Waals surface area contributed by atoms with Crippen LogP contribution in [0.1, 0.15) is 43.2 Å². The highest BCUT2D eigenvalue weighted by molar-refractivity contribution is 9.10. The van der Waals surface area contributed by atoms with Crippen molar-refractivity contribution in [3.63, 3.8) is 0 Å². The minimum Gasteiger partial charge on any atom is -0.505 e. The quantitative estimate of drug-likeness (QED) is 0.100. The number of halogens is 2. The molecule has 0 radical (unpaired) electrons. The van der Waals surface area contributed by atoms with E-state index in [4.69, 9.17) is 18.9 Å². The Balaban J connectivity index is 0.000000258. The summed E-state index contributed by atoms with van der Waals surface area (Å²) in [6, 6.07) is 23.0. The Kier molecular flexibility index (Phi) is 16.2. The maximum Gasteiger partial charge on any atom is 0.360 e. The fourth-order valence-corrected chi connectivity index (χ4v) is 8.51. The summed E-state index contributed by atoms with van der Waals surface area (Å²) in [6.45, 7) is 0.926. The molecule has 3 aromatic carbocycles. The van der Waals surface area contributed by atoms with E-state index in [9.17, 15) is 37.5 Å². The number of hydrogen-bond acceptors (Lipinski definition) is 14. The number of rotatable bonds is 14. The van der Waals surface area contributed by atoms with E-state index >= 15 is 0 Å². The van der Waals surface area contributed by atoms with Gasteiger partial charge in [0.15, 0.2) is 11.4 Å². The monoisotopic (exact) mass is 1020 g/mol. The lowest BCUT2D eigenvalue weighted by Gasteiger charge is -2.25. The first-order valence-corrected chi connectivity index (χ1v) is 21.9. The van der Waals surface area contributed by atoms with Gasteiger partial charge in [-0.25, -0.2) is 23.0 Å². The van der Waals surface area contributed by atoms with Gasteiger partial charge in [0.2, 0.25) is 10.0 Å². The molecule has 0 aliphatic heterocycles. The summed E-state index contributed by atoms with van der Waals surface area (Å²) in [4.78, 5) is 66.5. The molecule has 0 aliphatic carbocycles. The van der Waals surface area contributed by atoms with Gasteiger partial charge in [-0.15, -0.1) is 0 Å². The summed E-state index contributed by atoms with van der Waals surface area (Å²) in [6.07, 6.45) is 1.37.